The first-order valence-electron chi connectivity index (χ1n) is 6.03. The van der Waals surface area contributed by atoms with Crippen LogP contribution in [0.25, 0.3) is 0 Å². The third kappa shape index (κ3) is 2.54. The smallest absolute Gasteiger partial charge is 0.287 e. The van der Waals surface area contributed by atoms with Gasteiger partial charge in [0.05, 0.1) is 12.8 Å². The molecule has 0 bridgehead atoms. The number of amides is 1. The molecule has 2 heterocycles. The molecular weight excluding hydrogens is 246 g/mol. The lowest BCUT2D eigenvalue weighted by atomic mass is 10.2. The predicted molar refractivity (Wildman–Crippen MR) is 67.4 cm³/mol. The van der Waals surface area contributed by atoms with Gasteiger partial charge in [0.1, 0.15) is 12.7 Å². The first-order chi connectivity index (χ1) is 9.33. The molecule has 0 fully saturated rings. The van der Waals surface area contributed by atoms with E-state index in [-0.39, 0.29) is 17.8 Å². The molecular formula is C14H13NO4. The summed E-state index contributed by atoms with van der Waals surface area (Å²) >= 11 is 0. The minimum Gasteiger partial charge on any atom is -0.486 e. The van der Waals surface area contributed by atoms with E-state index >= 15 is 0 Å². The van der Waals surface area contributed by atoms with Crippen molar-refractivity contribution in [2.24, 2.45) is 0 Å². The number of hydrogen-bond donors (Lipinski definition) is 1. The minimum absolute atomic E-state index is 0.200. The van der Waals surface area contributed by atoms with Crippen LogP contribution in [0.15, 0.2) is 47.1 Å². The lowest BCUT2D eigenvalue weighted by Gasteiger charge is -2.26. The molecule has 5 heteroatoms. The zero-order valence-corrected chi connectivity index (χ0v) is 10.2. The summed E-state index contributed by atoms with van der Waals surface area (Å²) < 4.78 is 16.3. The third-order valence-electron chi connectivity index (χ3n) is 2.80. The van der Waals surface area contributed by atoms with Crippen LogP contribution >= 0.6 is 0 Å². The van der Waals surface area contributed by atoms with Gasteiger partial charge in [-0.05, 0) is 24.3 Å². The number of hydrogen-bond acceptors (Lipinski definition) is 4. The maximum atomic E-state index is 11.7. The van der Waals surface area contributed by atoms with Gasteiger partial charge in [0.25, 0.3) is 5.91 Å². The quantitative estimate of drug-likeness (QED) is 0.913. The van der Waals surface area contributed by atoms with Gasteiger partial charge in [-0.3, -0.25) is 4.79 Å². The molecule has 5 nitrogen and oxygen atoms in total. The molecule has 1 atom stereocenters. The predicted octanol–water partition coefficient (Wildman–Crippen LogP) is 1.85. The Bertz CT molecular complexity index is 565. The van der Waals surface area contributed by atoms with Crippen molar-refractivity contribution in [1.82, 2.24) is 5.32 Å². The number of ether oxygens (including phenoxy) is 2. The van der Waals surface area contributed by atoms with Crippen LogP contribution in [0.1, 0.15) is 10.6 Å². The fraction of sp³-hybridized carbons (Fsp3) is 0.214. The van der Waals surface area contributed by atoms with Gasteiger partial charge in [0.2, 0.25) is 0 Å². The molecule has 0 unspecified atom stereocenters. The van der Waals surface area contributed by atoms with Crippen molar-refractivity contribution in [2.45, 2.75) is 6.10 Å². The van der Waals surface area contributed by atoms with Gasteiger partial charge in [-0.25, -0.2) is 0 Å². The second-order valence-corrected chi connectivity index (χ2v) is 4.18. The lowest BCUT2D eigenvalue weighted by molar-refractivity contribution is 0.0773. The first-order valence-corrected chi connectivity index (χ1v) is 6.03. The highest BCUT2D eigenvalue weighted by molar-refractivity contribution is 5.91. The molecule has 1 aromatic carbocycles. The van der Waals surface area contributed by atoms with Crippen LogP contribution in [0.2, 0.25) is 0 Å². The second kappa shape index (κ2) is 5.06. The molecule has 98 valence electrons. The van der Waals surface area contributed by atoms with Crippen molar-refractivity contribution in [3.8, 4) is 11.5 Å². The van der Waals surface area contributed by atoms with Crippen LogP contribution in [0, 0.1) is 0 Å². The summed E-state index contributed by atoms with van der Waals surface area (Å²) in [6.07, 6.45) is 1.26. The number of fused-ring (bicyclic) bond motifs is 1. The van der Waals surface area contributed by atoms with E-state index in [1.807, 2.05) is 24.3 Å². The minimum atomic E-state index is -0.257. The Balaban J connectivity index is 1.57. The highest BCUT2D eigenvalue weighted by Gasteiger charge is 2.21. The topological polar surface area (TPSA) is 60.7 Å². The van der Waals surface area contributed by atoms with E-state index in [1.54, 1.807) is 12.1 Å². The summed E-state index contributed by atoms with van der Waals surface area (Å²) in [6, 6.07) is 10.8. The summed E-state index contributed by atoms with van der Waals surface area (Å²) in [6.45, 7) is 0.781. The Morgan fingerprint density at radius 3 is 2.84 bits per heavy atom. The summed E-state index contributed by atoms with van der Waals surface area (Å²) in [7, 11) is 0. The zero-order valence-electron chi connectivity index (χ0n) is 10.2. The number of benzene rings is 1. The Labute approximate surface area is 110 Å². The Morgan fingerprint density at radius 2 is 2.05 bits per heavy atom. The highest BCUT2D eigenvalue weighted by Crippen LogP contribution is 2.30. The Morgan fingerprint density at radius 1 is 1.21 bits per heavy atom. The Hall–Kier alpha value is -2.43. The van der Waals surface area contributed by atoms with Gasteiger partial charge in [0, 0.05) is 0 Å². The summed E-state index contributed by atoms with van der Waals surface area (Å²) in [5.41, 5.74) is 0. The number of nitrogens with one attached hydrogen (secondary N) is 1. The van der Waals surface area contributed by atoms with E-state index in [0.717, 1.165) is 5.75 Å². The van der Waals surface area contributed by atoms with E-state index < -0.39 is 0 Å². The average molecular weight is 259 g/mol. The average Bonchev–Trinajstić information content (AvgIpc) is 2.99. The third-order valence-corrected chi connectivity index (χ3v) is 2.80. The zero-order chi connectivity index (χ0) is 13.1. The second-order valence-electron chi connectivity index (χ2n) is 4.18. The molecule has 1 aromatic heterocycles. The lowest BCUT2D eigenvalue weighted by Crippen LogP contribution is -2.40. The monoisotopic (exact) mass is 259 g/mol. The number of furan rings is 1. The van der Waals surface area contributed by atoms with Gasteiger partial charge >= 0.3 is 0 Å². The van der Waals surface area contributed by atoms with Gasteiger partial charge < -0.3 is 19.2 Å². The van der Waals surface area contributed by atoms with Gasteiger partial charge in [-0.2, -0.15) is 0 Å². The van der Waals surface area contributed by atoms with Crippen LogP contribution < -0.4 is 14.8 Å². The number of carbonyl (C=O) groups is 1. The van der Waals surface area contributed by atoms with Crippen molar-refractivity contribution in [2.75, 3.05) is 13.2 Å². The van der Waals surface area contributed by atoms with Gasteiger partial charge in [-0.15, -0.1) is 0 Å². The molecule has 3 rings (SSSR count). The standard InChI is InChI=1S/C14H13NO4/c16-14(13-6-3-7-17-13)15-8-10-9-18-11-4-1-2-5-12(11)19-10/h1-7,10H,8-9H2,(H,15,16)/t10-/m0/s1. The van der Waals surface area contributed by atoms with E-state index in [2.05, 4.69) is 5.32 Å². The van der Waals surface area contributed by atoms with Crippen molar-refractivity contribution in [1.29, 1.82) is 0 Å². The number of para-hydroxylation sites is 2. The van der Waals surface area contributed by atoms with E-state index in [9.17, 15) is 4.79 Å². The first kappa shape index (κ1) is 11.6. The molecule has 0 radical (unpaired) electrons. The molecule has 0 saturated carbocycles. The molecule has 1 aliphatic rings. The molecule has 0 spiro atoms. The van der Waals surface area contributed by atoms with Crippen LogP contribution in [0.3, 0.4) is 0 Å². The summed E-state index contributed by atoms with van der Waals surface area (Å²) in [4.78, 5) is 11.7. The fourth-order valence-corrected chi connectivity index (χ4v) is 1.87. The fourth-order valence-electron chi connectivity index (χ4n) is 1.87. The summed E-state index contributed by atoms with van der Waals surface area (Å²) in [5, 5.41) is 2.75. The molecule has 1 amide bonds. The van der Waals surface area contributed by atoms with E-state index in [4.69, 9.17) is 13.9 Å². The molecule has 1 aliphatic heterocycles. The van der Waals surface area contributed by atoms with Gasteiger partial charge in [-0.1, -0.05) is 12.1 Å². The van der Waals surface area contributed by atoms with Crippen molar-refractivity contribution < 1.29 is 18.7 Å². The highest BCUT2D eigenvalue weighted by atomic mass is 16.6. The van der Waals surface area contributed by atoms with Crippen molar-refractivity contribution in [3.05, 3.63) is 48.4 Å². The van der Waals surface area contributed by atoms with Crippen molar-refractivity contribution in [3.63, 3.8) is 0 Å². The van der Waals surface area contributed by atoms with Crippen LogP contribution in [0.5, 0.6) is 11.5 Å². The van der Waals surface area contributed by atoms with Gasteiger partial charge in [0.15, 0.2) is 17.3 Å². The molecule has 0 aliphatic carbocycles. The molecule has 2 aromatic rings. The molecule has 0 saturated heterocycles. The maximum Gasteiger partial charge on any atom is 0.287 e. The van der Waals surface area contributed by atoms with E-state index in [0.29, 0.717) is 18.9 Å². The summed E-state index contributed by atoms with van der Waals surface area (Å²) in [5.74, 6) is 1.46. The SMILES string of the molecule is O=C(NC[C@H]1COc2ccccc2O1)c1ccco1. The van der Waals surface area contributed by atoms with E-state index in [1.165, 1.54) is 6.26 Å². The molecule has 1 N–H and O–H groups in total. The largest absolute Gasteiger partial charge is 0.486 e. The van der Waals surface area contributed by atoms with Crippen LogP contribution in [0.4, 0.5) is 0 Å². The maximum absolute atomic E-state index is 11.7. The van der Waals surface area contributed by atoms with Crippen LogP contribution in [-0.4, -0.2) is 25.2 Å². The number of carbonyl (C=O) groups excluding carboxylic acids is 1. The Kier molecular flexibility index (Phi) is 3.10. The normalized spacial score (nSPS) is 16.9. The molecule has 19 heavy (non-hydrogen) atoms. The number of rotatable bonds is 3. The van der Waals surface area contributed by atoms with Crippen molar-refractivity contribution >= 4 is 5.91 Å². The van der Waals surface area contributed by atoms with Crippen LogP contribution in [-0.2, 0) is 0 Å².